The van der Waals surface area contributed by atoms with Gasteiger partial charge in [-0.1, -0.05) is 81.9 Å². The van der Waals surface area contributed by atoms with Crippen molar-refractivity contribution in [3.8, 4) is 11.8 Å². The Labute approximate surface area is 295 Å². The summed E-state index contributed by atoms with van der Waals surface area (Å²) in [5.74, 6) is -0.473. The van der Waals surface area contributed by atoms with Gasteiger partial charge in [0.25, 0.3) is 5.56 Å². The third-order valence-electron chi connectivity index (χ3n) is 7.35. The van der Waals surface area contributed by atoms with Crippen LogP contribution in [-0.4, -0.2) is 17.1 Å². The maximum Gasteiger partial charge on any atom is 0.338 e. The second kappa shape index (κ2) is 14.2. The Morgan fingerprint density at radius 3 is 2.51 bits per heavy atom. The SMILES string of the molecule is CCOC(=O)C1=C(c2ccccc2)N=c2s/c(=C\c3cc(Br)cc(I)c3OCc3ccc(C#N)cc3)c(=O)n2[C@@H]1c1ccc(F)cc1. The molecule has 1 aliphatic rings. The van der Waals surface area contributed by atoms with Crippen LogP contribution in [0.2, 0.25) is 0 Å². The van der Waals surface area contributed by atoms with Crippen molar-refractivity contribution < 1.29 is 18.7 Å². The van der Waals surface area contributed by atoms with E-state index in [0.29, 0.717) is 43.0 Å². The minimum Gasteiger partial charge on any atom is -0.487 e. The van der Waals surface area contributed by atoms with E-state index in [0.717, 1.165) is 13.6 Å². The van der Waals surface area contributed by atoms with E-state index in [1.165, 1.54) is 28.0 Å². The van der Waals surface area contributed by atoms with Gasteiger partial charge < -0.3 is 9.47 Å². The third kappa shape index (κ3) is 6.86. The van der Waals surface area contributed by atoms with Crippen molar-refractivity contribution in [1.82, 2.24) is 4.57 Å². The van der Waals surface area contributed by atoms with Crippen molar-refractivity contribution in [3.05, 3.63) is 158 Å². The first-order valence-electron chi connectivity index (χ1n) is 14.4. The minimum absolute atomic E-state index is 0.123. The molecule has 0 amide bonds. The van der Waals surface area contributed by atoms with Gasteiger partial charge >= 0.3 is 5.97 Å². The van der Waals surface area contributed by atoms with Gasteiger partial charge in [0, 0.05) is 15.6 Å². The molecule has 0 aliphatic carbocycles. The average molecular weight is 820 g/mol. The number of nitrogens with zero attached hydrogens (tertiary/aromatic N) is 3. The van der Waals surface area contributed by atoms with Crippen LogP contribution in [0.25, 0.3) is 11.8 Å². The molecule has 234 valence electrons. The summed E-state index contributed by atoms with van der Waals surface area (Å²) in [4.78, 5) is 33.2. The van der Waals surface area contributed by atoms with Gasteiger partial charge in [-0.05, 0) is 83.1 Å². The molecular weight excluding hydrogens is 796 g/mol. The number of carbonyl (C=O) groups excluding carboxylic acids is 1. The van der Waals surface area contributed by atoms with E-state index >= 15 is 0 Å². The van der Waals surface area contributed by atoms with Gasteiger partial charge in [0.2, 0.25) is 0 Å². The molecule has 0 fully saturated rings. The van der Waals surface area contributed by atoms with Crippen molar-refractivity contribution in [2.75, 3.05) is 6.61 Å². The van der Waals surface area contributed by atoms with Crippen molar-refractivity contribution >= 4 is 67.6 Å². The number of hydrogen-bond donors (Lipinski definition) is 0. The van der Waals surface area contributed by atoms with Crippen LogP contribution in [0.3, 0.4) is 0 Å². The zero-order chi connectivity index (χ0) is 33.1. The number of carbonyl (C=O) groups is 1. The summed E-state index contributed by atoms with van der Waals surface area (Å²) in [5.41, 5.74) is 3.52. The molecular formula is C36H24BrFIN3O4S. The number of hydrogen-bond acceptors (Lipinski definition) is 7. The minimum atomic E-state index is -0.919. The molecule has 1 aromatic heterocycles. The van der Waals surface area contributed by atoms with Gasteiger partial charge in [0.05, 0.1) is 43.7 Å². The first-order valence-corrected chi connectivity index (χ1v) is 17.1. The highest BCUT2D eigenvalue weighted by Crippen LogP contribution is 2.36. The second-order valence-electron chi connectivity index (χ2n) is 10.4. The van der Waals surface area contributed by atoms with Gasteiger partial charge in [-0.2, -0.15) is 5.26 Å². The van der Waals surface area contributed by atoms with Gasteiger partial charge in [-0.25, -0.2) is 14.2 Å². The fourth-order valence-electron chi connectivity index (χ4n) is 5.21. The normalized spacial score (nSPS) is 14.3. The fourth-order valence-corrected chi connectivity index (χ4v) is 7.91. The van der Waals surface area contributed by atoms with E-state index in [-0.39, 0.29) is 24.3 Å². The Bertz CT molecular complexity index is 2240. The number of thiazole rings is 1. The third-order valence-corrected chi connectivity index (χ3v) is 9.59. The Morgan fingerprint density at radius 2 is 1.83 bits per heavy atom. The lowest BCUT2D eigenvalue weighted by Gasteiger charge is -2.25. The molecule has 1 aliphatic heterocycles. The molecule has 1 atom stereocenters. The van der Waals surface area contributed by atoms with E-state index in [9.17, 15) is 14.0 Å². The summed E-state index contributed by atoms with van der Waals surface area (Å²) in [5, 5.41) is 9.12. The number of fused-ring (bicyclic) bond motifs is 1. The summed E-state index contributed by atoms with van der Waals surface area (Å²) >= 11 is 6.94. The fraction of sp³-hybridized carbons (Fsp3) is 0.111. The Kier molecular flexibility index (Phi) is 9.81. The van der Waals surface area contributed by atoms with Gasteiger partial charge in [0.1, 0.15) is 18.2 Å². The molecule has 0 N–H and O–H groups in total. The highest BCUT2D eigenvalue weighted by atomic mass is 127. The predicted octanol–water partition coefficient (Wildman–Crippen LogP) is 6.89. The van der Waals surface area contributed by atoms with Crippen LogP contribution in [0, 0.1) is 20.7 Å². The van der Waals surface area contributed by atoms with Crippen LogP contribution in [0.5, 0.6) is 5.75 Å². The van der Waals surface area contributed by atoms with Crippen LogP contribution in [-0.2, 0) is 16.1 Å². The largest absolute Gasteiger partial charge is 0.487 e. The second-order valence-corrected chi connectivity index (χ2v) is 13.5. The van der Waals surface area contributed by atoms with E-state index in [2.05, 4.69) is 44.6 Å². The molecule has 0 unspecified atom stereocenters. The molecule has 0 spiro atoms. The number of ether oxygens (including phenoxy) is 2. The summed E-state index contributed by atoms with van der Waals surface area (Å²) < 4.78 is 29.3. The predicted molar refractivity (Wildman–Crippen MR) is 190 cm³/mol. The number of nitriles is 1. The van der Waals surface area contributed by atoms with Gasteiger partial charge in [-0.3, -0.25) is 9.36 Å². The van der Waals surface area contributed by atoms with Gasteiger partial charge in [-0.15, -0.1) is 0 Å². The average Bonchev–Trinajstić information content (AvgIpc) is 3.38. The quantitative estimate of drug-likeness (QED) is 0.126. The lowest BCUT2D eigenvalue weighted by atomic mass is 9.93. The number of rotatable bonds is 8. The molecule has 6 rings (SSSR count). The number of esters is 1. The first-order chi connectivity index (χ1) is 22.8. The zero-order valence-corrected chi connectivity index (χ0v) is 29.3. The monoisotopic (exact) mass is 819 g/mol. The summed E-state index contributed by atoms with van der Waals surface area (Å²) in [6, 6.07) is 27.1. The molecule has 4 aromatic carbocycles. The summed E-state index contributed by atoms with van der Waals surface area (Å²) in [6.07, 6.45) is 1.75. The van der Waals surface area contributed by atoms with Crippen molar-refractivity contribution in [1.29, 1.82) is 5.26 Å². The number of aromatic nitrogens is 1. The van der Waals surface area contributed by atoms with Crippen LogP contribution in [0.4, 0.5) is 4.39 Å². The topological polar surface area (TPSA) is 93.7 Å². The van der Waals surface area contributed by atoms with Crippen LogP contribution in [0.1, 0.15) is 40.8 Å². The van der Waals surface area contributed by atoms with E-state index in [4.69, 9.17) is 19.7 Å². The lowest BCUT2D eigenvalue weighted by molar-refractivity contribution is -0.138. The summed E-state index contributed by atoms with van der Waals surface area (Å²) in [6.45, 7) is 2.08. The Balaban J connectivity index is 1.54. The van der Waals surface area contributed by atoms with E-state index in [1.807, 2.05) is 54.6 Å². The summed E-state index contributed by atoms with van der Waals surface area (Å²) in [7, 11) is 0. The van der Waals surface area contributed by atoms with Gasteiger partial charge in [0.15, 0.2) is 4.80 Å². The molecule has 0 radical (unpaired) electrons. The van der Waals surface area contributed by atoms with Crippen LogP contribution in [0.15, 0.2) is 111 Å². The number of halogens is 3. The molecule has 0 saturated heterocycles. The smallest absolute Gasteiger partial charge is 0.338 e. The maximum atomic E-state index is 14.3. The maximum absolute atomic E-state index is 14.3. The Hall–Kier alpha value is -4.38. The Morgan fingerprint density at radius 1 is 1.11 bits per heavy atom. The first kappa shape index (κ1) is 32.6. The molecule has 2 heterocycles. The highest BCUT2D eigenvalue weighted by molar-refractivity contribution is 14.1. The van der Waals surface area contributed by atoms with E-state index < -0.39 is 17.8 Å². The number of benzene rings is 4. The molecule has 0 saturated carbocycles. The zero-order valence-electron chi connectivity index (χ0n) is 24.7. The van der Waals surface area contributed by atoms with Crippen molar-refractivity contribution in [2.24, 2.45) is 4.99 Å². The standard InChI is InChI=1S/C36H24BrFIN3O4S/c1-2-45-35(44)30-31(23-6-4-3-5-7-23)41-36-42(32(30)24-12-14-27(38)15-13-24)34(43)29(47-36)17-25-16-26(37)18-28(39)33(25)46-20-22-10-8-21(19-40)9-11-22/h3-18,32H,2,20H2,1H3/b29-17-/t32-/m1/s1. The molecule has 11 heteroatoms. The molecule has 0 bridgehead atoms. The highest BCUT2D eigenvalue weighted by Gasteiger charge is 2.35. The van der Waals surface area contributed by atoms with Crippen molar-refractivity contribution in [3.63, 3.8) is 0 Å². The molecule has 47 heavy (non-hydrogen) atoms. The molecule has 7 nitrogen and oxygen atoms in total. The van der Waals surface area contributed by atoms with Crippen LogP contribution >= 0.6 is 49.9 Å². The lowest BCUT2D eigenvalue weighted by Crippen LogP contribution is -2.40. The van der Waals surface area contributed by atoms with E-state index in [1.54, 1.807) is 37.3 Å². The van der Waals surface area contributed by atoms with Crippen LogP contribution < -0.4 is 19.6 Å². The van der Waals surface area contributed by atoms with Crippen molar-refractivity contribution in [2.45, 2.75) is 19.6 Å². The molecule has 5 aromatic rings.